The van der Waals surface area contributed by atoms with Crippen molar-refractivity contribution in [2.45, 2.75) is 24.2 Å². The molecule has 2 atom stereocenters. The Morgan fingerprint density at radius 2 is 2.33 bits per heavy atom. The number of benzene rings is 1. The zero-order valence-corrected chi connectivity index (χ0v) is 9.88. The van der Waals surface area contributed by atoms with E-state index in [1.54, 1.807) is 7.11 Å². The summed E-state index contributed by atoms with van der Waals surface area (Å²) in [5.74, 6) is 1.83. The maximum absolute atomic E-state index is 10.6. The molecule has 3 heteroatoms. The molecule has 15 heavy (non-hydrogen) atoms. The summed E-state index contributed by atoms with van der Waals surface area (Å²) in [6.45, 7) is 2.08. The van der Waals surface area contributed by atoms with Gasteiger partial charge in [-0.05, 0) is 29.9 Å². The maximum Gasteiger partial charge on any atom is 0.119 e. The van der Waals surface area contributed by atoms with Crippen LogP contribution in [0, 0.1) is 0 Å². The fourth-order valence-corrected chi connectivity index (χ4v) is 3.32. The average Bonchev–Trinajstić information content (AvgIpc) is 2.61. The molecule has 0 aliphatic carbocycles. The normalized spacial score (nSPS) is 30.5. The third-order valence-corrected chi connectivity index (χ3v) is 4.42. The molecule has 1 aromatic rings. The van der Waals surface area contributed by atoms with Crippen LogP contribution in [0.4, 0.5) is 0 Å². The van der Waals surface area contributed by atoms with Crippen LogP contribution in [0.5, 0.6) is 5.75 Å². The van der Waals surface area contributed by atoms with Gasteiger partial charge in [-0.25, -0.2) is 0 Å². The summed E-state index contributed by atoms with van der Waals surface area (Å²) in [5.41, 5.74) is 0.290. The summed E-state index contributed by atoms with van der Waals surface area (Å²) in [4.78, 5) is 0. The molecule has 1 heterocycles. The first-order valence-electron chi connectivity index (χ1n) is 5.15. The molecule has 0 spiro atoms. The minimum atomic E-state index is -0.681. The van der Waals surface area contributed by atoms with Crippen LogP contribution < -0.4 is 4.74 Å². The van der Waals surface area contributed by atoms with E-state index in [4.69, 9.17) is 4.74 Å². The van der Waals surface area contributed by atoms with Crippen LogP contribution in [-0.4, -0.2) is 23.2 Å². The molecule has 2 unspecified atom stereocenters. The van der Waals surface area contributed by atoms with Crippen molar-refractivity contribution >= 4 is 11.8 Å². The van der Waals surface area contributed by atoms with Crippen LogP contribution in [0.1, 0.15) is 18.9 Å². The van der Waals surface area contributed by atoms with E-state index in [1.807, 2.05) is 36.0 Å². The highest BCUT2D eigenvalue weighted by atomic mass is 32.2. The summed E-state index contributed by atoms with van der Waals surface area (Å²) >= 11 is 1.82. The van der Waals surface area contributed by atoms with Gasteiger partial charge in [0, 0.05) is 5.25 Å². The van der Waals surface area contributed by atoms with Gasteiger partial charge in [0.05, 0.1) is 7.11 Å². The minimum Gasteiger partial charge on any atom is -0.497 e. The van der Waals surface area contributed by atoms with Crippen LogP contribution in [-0.2, 0) is 5.60 Å². The van der Waals surface area contributed by atoms with Crippen molar-refractivity contribution in [1.82, 2.24) is 0 Å². The summed E-state index contributed by atoms with van der Waals surface area (Å²) < 4.78 is 5.18. The fourth-order valence-electron chi connectivity index (χ4n) is 2.00. The highest BCUT2D eigenvalue weighted by molar-refractivity contribution is 8.00. The molecule has 1 aliphatic heterocycles. The molecule has 1 saturated heterocycles. The Kier molecular flexibility index (Phi) is 2.94. The Morgan fingerprint density at radius 3 is 2.93 bits per heavy atom. The van der Waals surface area contributed by atoms with Gasteiger partial charge in [-0.15, -0.1) is 0 Å². The van der Waals surface area contributed by atoms with E-state index in [9.17, 15) is 5.11 Å². The second-order valence-corrected chi connectivity index (χ2v) is 5.37. The quantitative estimate of drug-likeness (QED) is 0.836. The molecule has 1 aromatic carbocycles. The van der Waals surface area contributed by atoms with Gasteiger partial charge in [0.1, 0.15) is 11.4 Å². The van der Waals surface area contributed by atoms with Gasteiger partial charge in [0.2, 0.25) is 0 Å². The van der Waals surface area contributed by atoms with Gasteiger partial charge < -0.3 is 9.84 Å². The van der Waals surface area contributed by atoms with Crippen LogP contribution in [0.25, 0.3) is 0 Å². The molecule has 1 aliphatic rings. The molecule has 82 valence electrons. The first-order valence-corrected chi connectivity index (χ1v) is 6.20. The van der Waals surface area contributed by atoms with Crippen LogP contribution in [0.3, 0.4) is 0 Å². The van der Waals surface area contributed by atoms with E-state index in [0.29, 0.717) is 0 Å². The van der Waals surface area contributed by atoms with Gasteiger partial charge in [0.15, 0.2) is 0 Å². The van der Waals surface area contributed by atoms with Gasteiger partial charge in [-0.3, -0.25) is 0 Å². The number of hydrogen-bond acceptors (Lipinski definition) is 3. The zero-order chi connectivity index (χ0) is 10.9. The van der Waals surface area contributed by atoms with Crippen molar-refractivity contribution in [2.24, 2.45) is 0 Å². The standard InChI is InChI=1S/C12H16O2S/c1-9-12(13,6-7-15-9)10-4-3-5-11(8-10)14-2/h3-5,8-9,13H,6-7H2,1-2H3. The topological polar surface area (TPSA) is 29.5 Å². The Balaban J connectivity index is 2.35. The van der Waals surface area contributed by atoms with E-state index in [2.05, 4.69) is 6.92 Å². The highest BCUT2D eigenvalue weighted by Crippen LogP contribution is 2.43. The van der Waals surface area contributed by atoms with Crippen molar-refractivity contribution < 1.29 is 9.84 Å². The van der Waals surface area contributed by atoms with E-state index in [-0.39, 0.29) is 5.25 Å². The molecule has 0 saturated carbocycles. The summed E-state index contributed by atoms with van der Waals surface area (Å²) in [7, 11) is 1.65. The van der Waals surface area contributed by atoms with Gasteiger partial charge in [-0.1, -0.05) is 19.1 Å². The van der Waals surface area contributed by atoms with Gasteiger partial charge in [-0.2, -0.15) is 11.8 Å². The van der Waals surface area contributed by atoms with Crippen LogP contribution in [0.2, 0.25) is 0 Å². The predicted octanol–water partition coefficient (Wildman–Crippen LogP) is 2.41. The van der Waals surface area contributed by atoms with Gasteiger partial charge in [0.25, 0.3) is 0 Å². The molecule has 0 aromatic heterocycles. The Hall–Kier alpha value is -0.670. The smallest absolute Gasteiger partial charge is 0.119 e. The first kappa shape index (κ1) is 10.8. The lowest BCUT2D eigenvalue weighted by atomic mass is 9.88. The predicted molar refractivity (Wildman–Crippen MR) is 63.4 cm³/mol. The number of aliphatic hydroxyl groups is 1. The molecule has 1 N–H and O–H groups in total. The number of methoxy groups -OCH3 is 1. The lowest BCUT2D eigenvalue weighted by Crippen LogP contribution is -2.31. The van der Waals surface area contributed by atoms with Crippen LogP contribution in [0.15, 0.2) is 24.3 Å². The van der Waals surface area contributed by atoms with Crippen LogP contribution >= 0.6 is 11.8 Å². The third kappa shape index (κ3) is 1.86. The third-order valence-electron chi connectivity index (χ3n) is 3.09. The second-order valence-electron chi connectivity index (χ2n) is 3.92. The number of ether oxygens (including phenoxy) is 1. The lowest BCUT2D eigenvalue weighted by molar-refractivity contribution is 0.0425. The molecular formula is C12H16O2S. The van der Waals surface area contributed by atoms with Crippen molar-refractivity contribution in [3.05, 3.63) is 29.8 Å². The summed E-state index contributed by atoms with van der Waals surface area (Å²) in [6.07, 6.45) is 0.825. The van der Waals surface area contributed by atoms with E-state index >= 15 is 0 Å². The Bertz CT molecular complexity index is 353. The monoisotopic (exact) mass is 224 g/mol. The zero-order valence-electron chi connectivity index (χ0n) is 9.06. The lowest BCUT2D eigenvalue weighted by Gasteiger charge is -2.27. The molecule has 0 amide bonds. The molecule has 2 nitrogen and oxygen atoms in total. The number of rotatable bonds is 2. The van der Waals surface area contributed by atoms with E-state index < -0.39 is 5.60 Å². The van der Waals surface area contributed by atoms with Crippen molar-refractivity contribution in [3.8, 4) is 5.75 Å². The highest BCUT2D eigenvalue weighted by Gasteiger charge is 2.40. The van der Waals surface area contributed by atoms with Gasteiger partial charge >= 0.3 is 0 Å². The summed E-state index contributed by atoms with van der Waals surface area (Å²) in [6, 6.07) is 7.74. The van der Waals surface area contributed by atoms with Crippen molar-refractivity contribution in [1.29, 1.82) is 0 Å². The van der Waals surface area contributed by atoms with E-state index in [0.717, 1.165) is 23.5 Å². The van der Waals surface area contributed by atoms with E-state index in [1.165, 1.54) is 0 Å². The fraction of sp³-hybridized carbons (Fsp3) is 0.500. The first-order chi connectivity index (χ1) is 7.16. The molecule has 0 bridgehead atoms. The second kappa shape index (κ2) is 4.06. The number of hydrogen-bond donors (Lipinski definition) is 1. The maximum atomic E-state index is 10.6. The average molecular weight is 224 g/mol. The number of thioether (sulfide) groups is 1. The Labute approximate surface area is 94.6 Å². The molecule has 1 fully saturated rings. The Morgan fingerprint density at radius 1 is 1.53 bits per heavy atom. The largest absolute Gasteiger partial charge is 0.497 e. The molecule has 2 rings (SSSR count). The SMILES string of the molecule is COc1cccc(C2(O)CCSC2C)c1. The van der Waals surface area contributed by atoms with Crippen molar-refractivity contribution in [2.75, 3.05) is 12.9 Å². The molecule has 0 radical (unpaired) electrons. The molecular weight excluding hydrogens is 208 g/mol. The minimum absolute atomic E-state index is 0.254. The summed E-state index contributed by atoms with van der Waals surface area (Å²) in [5, 5.41) is 10.8. The van der Waals surface area contributed by atoms with Crippen molar-refractivity contribution in [3.63, 3.8) is 0 Å².